The van der Waals surface area contributed by atoms with E-state index in [-0.39, 0.29) is 11.5 Å². The van der Waals surface area contributed by atoms with Crippen molar-refractivity contribution in [1.82, 2.24) is 9.62 Å². The van der Waals surface area contributed by atoms with E-state index in [0.29, 0.717) is 16.6 Å². The number of morpholine rings is 1. The van der Waals surface area contributed by atoms with Crippen molar-refractivity contribution in [3.63, 3.8) is 0 Å². The molecule has 25 heavy (non-hydrogen) atoms. The van der Waals surface area contributed by atoms with E-state index in [4.69, 9.17) is 9.47 Å². The third-order valence-corrected chi connectivity index (χ3v) is 6.22. The van der Waals surface area contributed by atoms with E-state index in [0.717, 1.165) is 39.3 Å². The lowest BCUT2D eigenvalue weighted by Gasteiger charge is -2.26. The number of sulfonamides is 1. The van der Waals surface area contributed by atoms with Crippen molar-refractivity contribution in [2.45, 2.75) is 18.2 Å². The first kappa shape index (κ1) is 20.3. The molecular formula is C16H23BrN2O5S. The van der Waals surface area contributed by atoms with Crippen LogP contribution in [-0.2, 0) is 19.5 Å². The Bertz CT molecular complexity index is 690. The normalized spacial score (nSPS) is 15.9. The standard InChI is InChI=1S/C16H23BrN2O5S/c1-2-24-16(20)13-4-5-15(14(17)12-13)25(21,22)18-6-3-7-19-8-10-23-11-9-19/h4-5,12,18H,2-3,6-11H2,1H3. The zero-order valence-corrected chi connectivity index (χ0v) is 16.6. The molecular weight excluding hydrogens is 412 g/mol. The predicted octanol–water partition coefficient (Wildman–Crippen LogP) is 1.63. The predicted molar refractivity (Wildman–Crippen MR) is 97.2 cm³/mol. The molecule has 0 atom stereocenters. The van der Waals surface area contributed by atoms with Gasteiger partial charge in [0.25, 0.3) is 0 Å². The molecule has 1 aliphatic heterocycles. The molecule has 1 aromatic rings. The van der Waals surface area contributed by atoms with Crippen LogP contribution in [0.15, 0.2) is 27.6 Å². The molecule has 0 radical (unpaired) electrons. The zero-order chi connectivity index (χ0) is 18.3. The van der Waals surface area contributed by atoms with Crippen molar-refractivity contribution in [3.05, 3.63) is 28.2 Å². The molecule has 1 aliphatic rings. The lowest BCUT2D eigenvalue weighted by atomic mass is 10.2. The second-order valence-electron chi connectivity index (χ2n) is 5.57. The Morgan fingerprint density at radius 1 is 1.36 bits per heavy atom. The minimum Gasteiger partial charge on any atom is -0.462 e. The van der Waals surface area contributed by atoms with Crippen molar-refractivity contribution in [2.24, 2.45) is 0 Å². The quantitative estimate of drug-likeness (QED) is 0.494. The summed E-state index contributed by atoms with van der Waals surface area (Å²) in [5.74, 6) is -0.481. The fraction of sp³-hybridized carbons (Fsp3) is 0.562. The fourth-order valence-corrected chi connectivity index (χ4v) is 4.62. The van der Waals surface area contributed by atoms with E-state index in [1.54, 1.807) is 6.92 Å². The summed E-state index contributed by atoms with van der Waals surface area (Å²) in [6.45, 7) is 6.38. The van der Waals surface area contributed by atoms with Gasteiger partial charge >= 0.3 is 5.97 Å². The lowest BCUT2D eigenvalue weighted by molar-refractivity contribution is 0.0376. The van der Waals surface area contributed by atoms with Gasteiger partial charge in [-0.2, -0.15) is 0 Å². The van der Waals surface area contributed by atoms with Crippen LogP contribution in [0.25, 0.3) is 0 Å². The molecule has 9 heteroatoms. The first-order chi connectivity index (χ1) is 11.9. The Kier molecular flexibility index (Phi) is 7.82. The number of nitrogens with zero attached hydrogens (tertiary/aromatic N) is 1. The van der Waals surface area contributed by atoms with E-state index in [2.05, 4.69) is 25.6 Å². The Morgan fingerprint density at radius 2 is 2.08 bits per heavy atom. The Morgan fingerprint density at radius 3 is 2.72 bits per heavy atom. The van der Waals surface area contributed by atoms with Crippen molar-refractivity contribution in [1.29, 1.82) is 0 Å². The van der Waals surface area contributed by atoms with Crippen LogP contribution in [0, 0.1) is 0 Å². The molecule has 0 saturated carbocycles. The number of carbonyl (C=O) groups is 1. The lowest BCUT2D eigenvalue weighted by Crippen LogP contribution is -2.38. The number of hydrogen-bond donors (Lipinski definition) is 1. The van der Waals surface area contributed by atoms with E-state index >= 15 is 0 Å². The highest BCUT2D eigenvalue weighted by Gasteiger charge is 2.19. The number of carbonyl (C=O) groups excluding carboxylic acids is 1. The zero-order valence-electron chi connectivity index (χ0n) is 14.2. The number of rotatable bonds is 8. The molecule has 1 heterocycles. The van der Waals surface area contributed by atoms with Crippen LogP contribution in [0.5, 0.6) is 0 Å². The summed E-state index contributed by atoms with van der Waals surface area (Å²) in [5, 5.41) is 0. The van der Waals surface area contributed by atoms with Crippen LogP contribution in [0.2, 0.25) is 0 Å². The van der Waals surface area contributed by atoms with Gasteiger partial charge in [-0.15, -0.1) is 0 Å². The molecule has 7 nitrogen and oxygen atoms in total. The average molecular weight is 435 g/mol. The van der Waals surface area contributed by atoms with Gasteiger partial charge in [0.2, 0.25) is 10.0 Å². The molecule has 0 aromatic heterocycles. The monoisotopic (exact) mass is 434 g/mol. The van der Waals surface area contributed by atoms with E-state index in [1.165, 1.54) is 18.2 Å². The van der Waals surface area contributed by atoms with E-state index in [1.807, 2.05) is 0 Å². The van der Waals surface area contributed by atoms with Crippen molar-refractivity contribution < 1.29 is 22.7 Å². The second kappa shape index (κ2) is 9.63. The SMILES string of the molecule is CCOC(=O)c1ccc(S(=O)(=O)NCCCN2CCOCC2)c(Br)c1. The molecule has 0 aliphatic carbocycles. The van der Waals surface area contributed by atoms with Gasteiger partial charge in [0.05, 0.1) is 30.3 Å². The topological polar surface area (TPSA) is 84.9 Å². The Labute approximate surface area is 156 Å². The molecule has 2 rings (SSSR count). The molecule has 1 N–H and O–H groups in total. The molecule has 0 amide bonds. The summed E-state index contributed by atoms with van der Waals surface area (Å²) in [6, 6.07) is 4.31. The van der Waals surface area contributed by atoms with E-state index in [9.17, 15) is 13.2 Å². The summed E-state index contributed by atoms with van der Waals surface area (Å²) in [4.78, 5) is 14.1. The Hall–Kier alpha value is -1.00. The van der Waals surface area contributed by atoms with Crippen LogP contribution in [-0.4, -0.2) is 65.3 Å². The third-order valence-electron chi connectivity index (χ3n) is 3.78. The van der Waals surface area contributed by atoms with Gasteiger partial charge in [0, 0.05) is 24.1 Å². The van der Waals surface area contributed by atoms with Gasteiger partial charge in [0.1, 0.15) is 0 Å². The second-order valence-corrected chi connectivity index (χ2v) is 8.16. The summed E-state index contributed by atoms with van der Waals surface area (Å²) < 4.78 is 38.0. The number of nitrogens with one attached hydrogen (secondary N) is 1. The van der Waals surface area contributed by atoms with Gasteiger partial charge < -0.3 is 9.47 Å². The van der Waals surface area contributed by atoms with Gasteiger partial charge in [-0.3, -0.25) is 4.90 Å². The highest BCUT2D eigenvalue weighted by Crippen LogP contribution is 2.23. The first-order valence-corrected chi connectivity index (χ1v) is 10.5. The summed E-state index contributed by atoms with van der Waals surface area (Å²) in [7, 11) is -3.64. The molecule has 0 spiro atoms. The maximum Gasteiger partial charge on any atom is 0.338 e. The summed E-state index contributed by atoms with van der Waals surface area (Å²) >= 11 is 3.22. The highest BCUT2D eigenvalue weighted by atomic mass is 79.9. The smallest absolute Gasteiger partial charge is 0.338 e. The molecule has 0 bridgehead atoms. The van der Waals surface area contributed by atoms with Crippen LogP contribution in [0.1, 0.15) is 23.7 Å². The van der Waals surface area contributed by atoms with Gasteiger partial charge in [-0.1, -0.05) is 0 Å². The van der Waals surface area contributed by atoms with Crippen molar-refractivity contribution in [2.75, 3.05) is 46.0 Å². The van der Waals surface area contributed by atoms with Gasteiger partial charge in [0.15, 0.2) is 0 Å². The van der Waals surface area contributed by atoms with Crippen LogP contribution < -0.4 is 4.72 Å². The van der Waals surface area contributed by atoms with Crippen LogP contribution in [0.4, 0.5) is 0 Å². The number of benzene rings is 1. The van der Waals surface area contributed by atoms with Crippen LogP contribution in [0.3, 0.4) is 0 Å². The largest absolute Gasteiger partial charge is 0.462 e. The number of esters is 1. The maximum absolute atomic E-state index is 12.4. The van der Waals surface area contributed by atoms with Gasteiger partial charge in [-0.05, 0) is 54.0 Å². The molecule has 140 valence electrons. The summed E-state index contributed by atoms with van der Waals surface area (Å²) in [6.07, 6.45) is 0.720. The molecule has 0 unspecified atom stereocenters. The van der Waals surface area contributed by atoms with Crippen molar-refractivity contribution in [3.8, 4) is 0 Å². The molecule has 1 saturated heterocycles. The number of hydrogen-bond acceptors (Lipinski definition) is 6. The maximum atomic E-state index is 12.4. The number of halogens is 1. The minimum absolute atomic E-state index is 0.104. The minimum atomic E-state index is -3.64. The number of ether oxygens (including phenoxy) is 2. The third kappa shape index (κ3) is 6.03. The van der Waals surface area contributed by atoms with Crippen molar-refractivity contribution >= 4 is 31.9 Å². The Balaban J connectivity index is 1.91. The average Bonchev–Trinajstić information content (AvgIpc) is 2.59. The summed E-state index contributed by atoms with van der Waals surface area (Å²) in [5.41, 5.74) is 0.306. The fourth-order valence-electron chi connectivity index (χ4n) is 2.47. The highest BCUT2D eigenvalue weighted by molar-refractivity contribution is 9.10. The molecule has 1 fully saturated rings. The first-order valence-electron chi connectivity index (χ1n) is 8.20. The van der Waals surface area contributed by atoms with Gasteiger partial charge in [-0.25, -0.2) is 17.9 Å². The van der Waals surface area contributed by atoms with Crippen LogP contribution >= 0.6 is 15.9 Å². The molecule has 1 aromatic carbocycles. The van der Waals surface area contributed by atoms with E-state index < -0.39 is 16.0 Å².